The van der Waals surface area contributed by atoms with Gasteiger partial charge in [0, 0.05) is 18.3 Å². The number of amides is 2. The molecule has 0 aromatic heterocycles. The molecule has 0 unspecified atom stereocenters. The fourth-order valence-electron chi connectivity index (χ4n) is 2.45. The lowest BCUT2D eigenvalue weighted by Gasteiger charge is -2.10. The van der Waals surface area contributed by atoms with Crippen LogP contribution in [0.1, 0.15) is 37.7 Å². The van der Waals surface area contributed by atoms with E-state index in [1.165, 1.54) is 5.57 Å². The van der Waals surface area contributed by atoms with E-state index < -0.39 is 0 Å². The van der Waals surface area contributed by atoms with Crippen LogP contribution < -0.4 is 10.6 Å². The maximum atomic E-state index is 11.9. The van der Waals surface area contributed by atoms with E-state index in [9.17, 15) is 9.59 Å². The van der Waals surface area contributed by atoms with Crippen LogP contribution in [-0.2, 0) is 16.1 Å². The van der Waals surface area contributed by atoms with Crippen molar-refractivity contribution in [2.45, 2.75) is 38.6 Å². The van der Waals surface area contributed by atoms with Crippen LogP contribution in [0.25, 0.3) is 0 Å². The first-order chi connectivity index (χ1) is 10.7. The molecule has 0 atom stereocenters. The molecule has 1 aromatic carbocycles. The molecule has 0 heterocycles. The number of para-hydroxylation sites is 1. The molecule has 1 fully saturated rings. The van der Waals surface area contributed by atoms with Crippen LogP contribution in [0.2, 0.25) is 0 Å². The van der Waals surface area contributed by atoms with E-state index >= 15 is 0 Å². The Bertz CT molecular complexity index is 621. The summed E-state index contributed by atoms with van der Waals surface area (Å²) in [4.78, 5) is 23.4. The molecule has 0 aliphatic heterocycles. The van der Waals surface area contributed by atoms with Crippen LogP contribution in [0, 0.1) is 11.3 Å². The lowest BCUT2D eigenvalue weighted by Crippen LogP contribution is -2.22. The normalized spacial score (nSPS) is 13.3. The molecule has 2 N–H and O–H groups in total. The topological polar surface area (TPSA) is 82.0 Å². The Labute approximate surface area is 130 Å². The fourth-order valence-corrected chi connectivity index (χ4v) is 2.45. The van der Waals surface area contributed by atoms with Crippen molar-refractivity contribution < 1.29 is 9.59 Å². The van der Waals surface area contributed by atoms with Gasteiger partial charge in [-0.1, -0.05) is 23.8 Å². The van der Waals surface area contributed by atoms with E-state index in [4.69, 9.17) is 5.26 Å². The minimum atomic E-state index is -0.352. The van der Waals surface area contributed by atoms with E-state index in [-0.39, 0.29) is 18.2 Å². The average molecular weight is 297 g/mol. The van der Waals surface area contributed by atoms with Gasteiger partial charge < -0.3 is 10.6 Å². The van der Waals surface area contributed by atoms with Gasteiger partial charge >= 0.3 is 0 Å². The summed E-state index contributed by atoms with van der Waals surface area (Å²) in [6.07, 6.45) is 5.83. The summed E-state index contributed by atoms with van der Waals surface area (Å²) in [6, 6.07) is 9.05. The third-order valence-electron chi connectivity index (χ3n) is 3.57. The van der Waals surface area contributed by atoms with Gasteiger partial charge in [0.05, 0.1) is 6.07 Å². The lowest BCUT2D eigenvalue weighted by molar-refractivity contribution is -0.117. The first kappa shape index (κ1) is 15.8. The Morgan fingerprint density at radius 1 is 1.23 bits per heavy atom. The Morgan fingerprint density at radius 3 is 2.68 bits per heavy atom. The van der Waals surface area contributed by atoms with Gasteiger partial charge in [-0.05, 0) is 37.3 Å². The van der Waals surface area contributed by atoms with E-state index in [0.717, 1.165) is 31.2 Å². The maximum Gasteiger partial charge on any atom is 0.244 e. The summed E-state index contributed by atoms with van der Waals surface area (Å²) in [7, 11) is 0. The number of nitrogens with zero attached hydrogens (tertiary/aromatic N) is 1. The van der Waals surface area contributed by atoms with Crippen molar-refractivity contribution in [3.8, 4) is 6.07 Å². The monoisotopic (exact) mass is 297 g/mol. The van der Waals surface area contributed by atoms with Crippen molar-refractivity contribution in [3.05, 3.63) is 41.5 Å². The van der Waals surface area contributed by atoms with Crippen molar-refractivity contribution in [1.82, 2.24) is 5.32 Å². The highest BCUT2D eigenvalue weighted by Gasteiger charge is 2.10. The Hall–Kier alpha value is -2.61. The van der Waals surface area contributed by atoms with Crippen molar-refractivity contribution >= 4 is 17.5 Å². The molecule has 1 aliphatic rings. The van der Waals surface area contributed by atoms with Gasteiger partial charge in [0.1, 0.15) is 6.42 Å². The molecule has 0 spiro atoms. The highest BCUT2D eigenvalue weighted by atomic mass is 16.2. The highest BCUT2D eigenvalue weighted by Crippen LogP contribution is 2.23. The zero-order valence-corrected chi connectivity index (χ0v) is 12.4. The van der Waals surface area contributed by atoms with Crippen LogP contribution in [-0.4, -0.2) is 11.8 Å². The molecular weight excluding hydrogens is 278 g/mol. The predicted octanol–water partition coefficient (Wildman–Crippen LogP) is 2.66. The number of benzene rings is 1. The molecule has 5 heteroatoms. The highest BCUT2D eigenvalue weighted by molar-refractivity contribution is 5.93. The van der Waals surface area contributed by atoms with Gasteiger partial charge in [0.25, 0.3) is 0 Å². The first-order valence-electron chi connectivity index (χ1n) is 7.41. The Balaban J connectivity index is 1.95. The summed E-state index contributed by atoms with van der Waals surface area (Å²) in [5, 5.41) is 14.0. The number of nitrogens with one attached hydrogen (secondary N) is 2. The summed E-state index contributed by atoms with van der Waals surface area (Å²) in [5.41, 5.74) is 2.64. The SMILES string of the molecule is N#CCC(=O)Nc1ccccc1CNC(=O)C=C1CCCC1. The van der Waals surface area contributed by atoms with Gasteiger partial charge in [-0.3, -0.25) is 9.59 Å². The maximum absolute atomic E-state index is 11.9. The van der Waals surface area contributed by atoms with Gasteiger partial charge in [0.2, 0.25) is 11.8 Å². The molecule has 1 aromatic rings. The van der Waals surface area contributed by atoms with E-state index in [1.807, 2.05) is 18.2 Å². The van der Waals surface area contributed by atoms with Crippen molar-refractivity contribution in [3.63, 3.8) is 0 Å². The van der Waals surface area contributed by atoms with Gasteiger partial charge in [-0.15, -0.1) is 0 Å². The minimum absolute atomic E-state index is 0.102. The second-order valence-electron chi connectivity index (χ2n) is 5.27. The second-order valence-corrected chi connectivity index (χ2v) is 5.27. The van der Waals surface area contributed by atoms with Crippen LogP contribution in [0.4, 0.5) is 5.69 Å². The molecule has 0 radical (unpaired) electrons. The van der Waals surface area contributed by atoms with E-state index in [2.05, 4.69) is 10.6 Å². The van der Waals surface area contributed by atoms with Gasteiger partial charge in [-0.25, -0.2) is 0 Å². The molecule has 22 heavy (non-hydrogen) atoms. The number of rotatable bonds is 5. The first-order valence-corrected chi connectivity index (χ1v) is 7.41. The molecule has 5 nitrogen and oxygen atoms in total. The second kappa shape index (κ2) is 7.99. The average Bonchev–Trinajstić information content (AvgIpc) is 2.99. The lowest BCUT2D eigenvalue weighted by atomic mass is 10.1. The minimum Gasteiger partial charge on any atom is -0.348 e. The quantitative estimate of drug-likeness (QED) is 0.820. The molecule has 114 valence electrons. The summed E-state index contributed by atoms with van der Waals surface area (Å²) < 4.78 is 0. The third-order valence-corrected chi connectivity index (χ3v) is 3.57. The molecule has 0 saturated heterocycles. The number of hydrogen-bond acceptors (Lipinski definition) is 3. The number of carbonyl (C=O) groups is 2. The predicted molar refractivity (Wildman–Crippen MR) is 83.7 cm³/mol. The molecule has 2 rings (SSSR count). The van der Waals surface area contributed by atoms with Crippen molar-refractivity contribution in [2.75, 3.05) is 5.32 Å². The zero-order chi connectivity index (χ0) is 15.8. The molecule has 2 amide bonds. The third kappa shape index (κ3) is 4.74. The number of carbonyl (C=O) groups excluding carboxylic acids is 2. The standard InChI is InChI=1S/C17H19N3O2/c18-10-9-16(21)20-15-8-4-3-7-14(15)12-19-17(22)11-13-5-1-2-6-13/h3-4,7-8,11H,1-2,5-6,9,12H2,(H,19,22)(H,20,21). The van der Waals surface area contributed by atoms with E-state index in [0.29, 0.717) is 12.2 Å². The summed E-state index contributed by atoms with van der Waals surface area (Å²) >= 11 is 0. The molecular formula is C17H19N3O2. The number of nitriles is 1. The molecule has 1 saturated carbocycles. The van der Waals surface area contributed by atoms with E-state index in [1.54, 1.807) is 18.2 Å². The molecule has 1 aliphatic carbocycles. The smallest absolute Gasteiger partial charge is 0.244 e. The number of allylic oxidation sites excluding steroid dienone is 1. The number of hydrogen-bond donors (Lipinski definition) is 2. The zero-order valence-electron chi connectivity index (χ0n) is 12.4. The van der Waals surface area contributed by atoms with Crippen LogP contribution >= 0.6 is 0 Å². The van der Waals surface area contributed by atoms with Crippen molar-refractivity contribution in [2.24, 2.45) is 0 Å². The van der Waals surface area contributed by atoms with Crippen molar-refractivity contribution in [1.29, 1.82) is 5.26 Å². The Morgan fingerprint density at radius 2 is 1.95 bits per heavy atom. The largest absolute Gasteiger partial charge is 0.348 e. The van der Waals surface area contributed by atoms with Crippen LogP contribution in [0.3, 0.4) is 0 Å². The fraction of sp³-hybridized carbons (Fsp3) is 0.353. The van der Waals surface area contributed by atoms with Crippen LogP contribution in [0.15, 0.2) is 35.9 Å². The van der Waals surface area contributed by atoms with Gasteiger partial charge in [0.15, 0.2) is 0 Å². The summed E-state index contributed by atoms with van der Waals surface area (Å²) in [6.45, 7) is 0.339. The van der Waals surface area contributed by atoms with Crippen LogP contribution in [0.5, 0.6) is 0 Å². The Kier molecular flexibility index (Phi) is 5.73. The van der Waals surface area contributed by atoms with Gasteiger partial charge in [-0.2, -0.15) is 5.26 Å². The molecule has 0 bridgehead atoms. The summed E-state index contributed by atoms with van der Waals surface area (Å²) in [5.74, 6) is -0.454. The number of anilines is 1.